The Morgan fingerprint density at radius 3 is 2.88 bits per heavy atom. The molecule has 133 valence electrons. The van der Waals surface area contributed by atoms with E-state index in [2.05, 4.69) is 11.2 Å². The van der Waals surface area contributed by atoms with Gasteiger partial charge in [0.25, 0.3) is 5.91 Å². The molecule has 0 spiro atoms. The summed E-state index contributed by atoms with van der Waals surface area (Å²) in [5, 5.41) is 4.36. The van der Waals surface area contributed by atoms with E-state index in [9.17, 15) is 4.79 Å². The number of fused-ring (bicyclic) bond motifs is 1. The van der Waals surface area contributed by atoms with Gasteiger partial charge in [-0.2, -0.15) is 0 Å². The van der Waals surface area contributed by atoms with Crippen LogP contribution >= 0.6 is 0 Å². The predicted molar refractivity (Wildman–Crippen MR) is 97.2 cm³/mol. The maximum absolute atomic E-state index is 15.2. The maximum Gasteiger partial charge on any atom is 0.254 e. The van der Waals surface area contributed by atoms with E-state index in [4.69, 9.17) is 10.3 Å². The van der Waals surface area contributed by atoms with Crippen LogP contribution in [-0.2, 0) is 6.42 Å². The lowest BCUT2D eigenvalue weighted by Gasteiger charge is -2.18. The van der Waals surface area contributed by atoms with Crippen LogP contribution in [0.2, 0.25) is 0 Å². The largest absolute Gasteiger partial charge is 0.380 e. The summed E-state index contributed by atoms with van der Waals surface area (Å²) in [6.07, 6.45) is 2.41. The number of amides is 1. The van der Waals surface area contributed by atoms with Gasteiger partial charge in [-0.05, 0) is 49.1 Å². The molecular formula is C20H19FN3O2. The van der Waals surface area contributed by atoms with Crippen molar-refractivity contribution in [2.45, 2.75) is 26.2 Å². The number of halogens is 1. The molecule has 1 radical (unpaired) electrons. The molecule has 1 amide bonds. The van der Waals surface area contributed by atoms with Crippen molar-refractivity contribution in [1.29, 1.82) is 0 Å². The second-order valence-corrected chi connectivity index (χ2v) is 6.50. The molecule has 26 heavy (non-hydrogen) atoms. The van der Waals surface area contributed by atoms with Crippen LogP contribution in [0.1, 0.15) is 35.7 Å². The molecular weight excluding hydrogens is 333 g/mol. The number of nitrogens with zero attached hydrogens (tertiary/aromatic N) is 2. The first-order chi connectivity index (χ1) is 12.6. The van der Waals surface area contributed by atoms with Gasteiger partial charge in [0.05, 0.1) is 10.9 Å². The highest BCUT2D eigenvalue weighted by atomic mass is 19.1. The van der Waals surface area contributed by atoms with E-state index < -0.39 is 0 Å². The summed E-state index contributed by atoms with van der Waals surface area (Å²) in [7, 11) is 0. The summed E-state index contributed by atoms with van der Waals surface area (Å²) >= 11 is 0. The third-order valence-corrected chi connectivity index (χ3v) is 4.93. The zero-order valence-corrected chi connectivity index (χ0v) is 14.5. The van der Waals surface area contributed by atoms with E-state index in [0.717, 1.165) is 25.9 Å². The summed E-state index contributed by atoms with van der Waals surface area (Å²) in [6, 6.07) is 9.78. The van der Waals surface area contributed by atoms with Crippen molar-refractivity contribution in [3.63, 3.8) is 0 Å². The number of carbonyl (C=O) groups is 1. The quantitative estimate of drug-likeness (QED) is 0.778. The normalized spacial score (nSPS) is 14.3. The van der Waals surface area contributed by atoms with Crippen LogP contribution in [0.5, 0.6) is 0 Å². The molecule has 1 aliphatic rings. The van der Waals surface area contributed by atoms with Crippen LogP contribution in [0.25, 0.3) is 22.1 Å². The van der Waals surface area contributed by atoms with Gasteiger partial charge in [-0.15, -0.1) is 0 Å². The third kappa shape index (κ3) is 2.62. The van der Waals surface area contributed by atoms with Crippen LogP contribution < -0.4 is 5.73 Å². The molecule has 2 heterocycles. The van der Waals surface area contributed by atoms with E-state index in [1.54, 1.807) is 29.2 Å². The highest BCUT2D eigenvalue weighted by Gasteiger charge is 2.24. The predicted octanol–water partition coefficient (Wildman–Crippen LogP) is 3.81. The Morgan fingerprint density at radius 1 is 1.38 bits per heavy atom. The molecule has 2 aromatic carbocycles. The van der Waals surface area contributed by atoms with E-state index in [0.29, 0.717) is 39.6 Å². The fourth-order valence-electron chi connectivity index (χ4n) is 3.50. The van der Waals surface area contributed by atoms with Crippen molar-refractivity contribution in [3.05, 3.63) is 47.3 Å². The first kappa shape index (κ1) is 16.6. The molecule has 0 aliphatic carbocycles. The van der Waals surface area contributed by atoms with E-state index >= 15 is 4.39 Å². The first-order valence-corrected chi connectivity index (χ1v) is 8.77. The first-order valence-electron chi connectivity index (χ1n) is 8.77. The molecule has 0 bridgehead atoms. The van der Waals surface area contributed by atoms with Crippen molar-refractivity contribution >= 4 is 22.7 Å². The lowest BCUT2D eigenvalue weighted by Crippen LogP contribution is -2.29. The minimum Gasteiger partial charge on any atom is -0.380 e. The van der Waals surface area contributed by atoms with Crippen molar-refractivity contribution < 1.29 is 13.7 Å². The number of carbonyl (C=O) groups excluding carboxylic acids is 1. The van der Waals surface area contributed by atoms with Crippen LogP contribution in [0.3, 0.4) is 0 Å². The highest BCUT2D eigenvalue weighted by Crippen LogP contribution is 2.32. The molecule has 0 saturated carbocycles. The van der Waals surface area contributed by atoms with Crippen LogP contribution in [0, 0.1) is 11.9 Å². The molecule has 2 N–H and O–H groups in total. The number of rotatable bonds is 3. The Morgan fingerprint density at radius 2 is 2.15 bits per heavy atom. The summed E-state index contributed by atoms with van der Waals surface area (Å²) in [6.45, 7) is 3.29. The zero-order valence-electron chi connectivity index (χ0n) is 14.5. The molecule has 5 nitrogen and oxygen atoms in total. The Hall–Kier alpha value is -2.89. The van der Waals surface area contributed by atoms with Gasteiger partial charge in [0.2, 0.25) is 0 Å². The second-order valence-electron chi connectivity index (χ2n) is 6.50. The van der Waals surface area contributed by atoms with Crippen LogP contribution in [-0.4, -0.2) is 29.1 Å². The molecule has 1 saturated heterocycles. The number of likely N-dealkylation sites (tertiary alicyclic amines) is 1. The topological polar surface area (TPSA) is 72.4 Å². The van der Waals surface area contributed by atoms with Crippen molar-refractivity contribution in [2.24, 2.45) is 0 Å². The highest BCUT2D eigenvalue weighted by molar-refractivity contribution is 5.97. The Balaban J connectivity index is 1.79. The van der Waals surface area contributed by atoms with Crippen LogP contribution in [0.4, 0.5) is 10.2 Å². The van der Waals surface area contributed by atoms with Gasteiger partial charge < -0.3 is 15.2 Å². The number of anilines is 1. The Labute approximate surface area is 150 Å². The third-order valence-electron chi connectivity index (χ3n) is 4.93. The minimum absolute atomic E-state index is 0.136. The number of aromatic nitrogens is 1. The number of hydrogen-bond donors (Lipinski definition) is 1. The van der Waals surface area contributed by atoms with Gasteiger partial charge in [-0.25, -0.2) is 4.39 Å². The summed E-state index contributed by atoms with van der Waals surface area (Å²) < 4.78 is 20.3. The molecule has 6 heteroatoms. The van der Waals surface area contributed by atoms with E-state index in [1.807, 2.05) is 6.92 Å². The van der Waals surface area contributed by atoms with Gasteiger partial charge in [0, 0.05) is 24.2 Å². The fourth-order valence-corrected chi connectivity index (χ4v) is 3.50. The lowest BCUT2D eigenvalue weighted by molar-refractivity contribution is 0.0791. The van der Waals surface area contributed by atoms with Gasteiger partial charge in [-0.3, -0.25) is 4.79 Å². The van der Waals surface area contributed by atoms with Gasteiger partial charge in [0.1, 0.15) is 5.82 Å². The molecule has 1 aromatic heterocycles. The van der Waals surface area contributed by atoms with Crippen molar-refractivity contribution in [1.82, 2.24) is 10.1 Å². The standard InChI is InChI=1S/C20H19FN3O2/c1-2-13-15(20(25)24-9-3-4-10-24)7-6-14(18(13)21)12-5-8-17-16(11-12)19(22)23-26-17/h5-6,8,11H,2-4,9-10H2,1H3,(H2,22,23). The number of benzene rings is 2. The molecule has 1 aliphatic heterocycles. The molecule has 1 fully saturated rings. The molecule has 0 unspecified atom stereocenters. The van der Waals surface area contributed by atoms with E-state index in [-0.39, 0.29) is 17.5 Å². The zero-order chi connectivity index (χ0) is 18.3. The number of hydrogen-bond acceptors (Lipinski definition) is 4. The monoisotopic (exact) mass is 352 g/mol. The van der Waals surface area contributed by atoms with Gasteiger partial charge in [0.15, 0.2) is 11.4 Å². The minimum atomic E-state index is -0.386. The average molecular weight is 352 g/mol. The van der Waals surface area contributed by atoms with Crippen molar-refractivity contribution in [3.8, 4) is 11.1 Å². The van der Waals surface area contributed by atoms with Gasteiger partial charge in [-0.1, -0.05) is 18.1 Å². The molecule has 3 aromatic rings. The maximum atomic E-state index is 15.2. The SMILES string of the molecule is CCc1c(C(=O)N2CCCC2)[c]cc(-c2ccc3onc(N)c3c2)c1F. The molecule has 0 atom stereocenters. The summed E-state index contributed by atoms with van der Waals surface area (Å²) in [4.78, 5) is 14.5. The van der Waals surface area contributed by atoms with E-state index in [1.165, 1.54) is 0 Å². The smallest absolute Gasteiger partial charge is 0.254 e. The summed E-state index contributed by atoms with van der Waals surface area (Å²) in [5.74, 6) is -0.255. The lowest BCUT2D eigenvalue weighted by atomic mass is 9.95. The van der Waals surface area contributed by atoms with Crippen LogP contribution in [0.15, 0.2) is 28.8 Å². The Bertz CT molecular complexity index is 990. The number of nitrogens with two attached hydrogens (primary N) is 1. The van der Waals surface area contributed by atoms with Gasteiger partial charge >= 0.3 is 0 Å². The average Bonchev–Trinajstić information content (AvgIpc) is 3.31. The summed E-state index contributed by atoms with van der Waals surface area (Å²) in [5.41, 5.74) is 8.12. The fraction of sp³-hybridized carbons (Fsp3) is 0.300. The second kappa shape index (κ2) is 6.44. The number of nitrogen functional groups attached to an aromatic ring is 1. The Kier molecular flexibility index (Phi) is 4.11. The van der Waals surface area contributed by atoms with Crippen molar-refractivity contribution in [2.75, 3.05) is 18.8 Å². The molecule has 4 rings (SSSR count).